The van der Waals surface area contributed by atoms with Gasteiger partial charge in [-0.3, -0.25) is 9.69 Å². The molecule has 1 aromatic carbocycles. The van der Waals surface area contributed by atoms with E-state index in [9.17, 15) is 14.7 Å². The third-order valence-electron chi connectivity index (χ3n) is 4.92. The van der Waals surface area contributed by atoms with Gasteiger partial charge in [0.05, 0.1) is 18.0 Å². The first-order chi connectivity index (χ1) is 12.5. The van der Waals surface area contributed by atoms with E-state index in [1.54, 1.807) is 32.5 Å². The summed E-state index contributed by atoms with van der Waals surface area (Å²) in [6, 6.07) is 6.59. The van der Waals surface area contributed by atoms with Gasteiger partial charge in [-0.05, 0) is 45.7 Å². The molecule has 6 nitrogen and oxygen atoms in total. The molecule has 1 aromatic rings. The van der Waals surface area contributed by atoms with Crippen LogP contribution < -0.4 is 5.32 Å². The molecule has 2 amide bonds. The van der Waals surface area contributed by atoms with E-state index in [0.29, 0.717) is 12.3 Å². The maximum atomic E-state index is 13.2. The Kier molecular flexibility index (Phi) is 5.20. The Bertz CT molecular complexity index is 744. The summed E-state index contributed by atoms with van der Waals surface area (Å²) in [6.45, 7) is 9.32. The van der Waals surface area contributed by atoms with E-state index in [4.69, 9.17) is 4.74 Å². The summed E-state index contributed by atoms with van der Waals surface area (Å²) in [7, 11) is 0. The van der Waals surface area contributed by atoms with Crippen molar-refractivity contribution in [1.29, 1.82) is 0 Å². The Balaban J connectivity index is 1.80. The monoisotopic (exact) mass is 392 g/mol. The summed E-state index contributed by atoms with van der Waals surface area (Å²) in [6.07, 6.45) is -0.647. The maximum absolute atomic E-state index is 13.2. The second kappa shape index (κ2) is 7.02. The van der Waals surface area contributed by atoms with E-state index in [0.717, 1.165) is 11.1 Å². The van der Waals surface area contributed by atoms with Gasteiger partial charge in [0.15, 0.2) is 0 Å². The standard InChI is InChI=1S/C20H28N2O4S/c1-19(2,3)26-18(25)22-11-27-20(4,5)16(22)17(24)21-15-13-9-7-6-8-12(13)10-14(15)23/h6-9,14-16,23H,10-11H2,1-5H3,(H,21,24)/t14-,15+,16-/m1/s1. The summed E-state index contributed by atoms with van der Waals surface area (Å²) in [5, 5.41) is 13.4. The second-order valence-corrected chi connectivity index (χ2v) is 10.3. The largest absolute Gasteiger partial charge is 0.444 e. The summed E-state index contributed by atoms with van der Waals surface area (Å²) < 4.78 is 5.03. The Morgan fingerprint density at radius 2 is 1.96 bits per heavy atom. The first kappa shape index (κ1) is 20.0. The molecular weight excluding hydrogens is 364 g/mol. The summed E-state index contributed by atoms with van der Waals surface area (Å²) in [4.78, 5) is 27.3. The molecular formula is C20H28N2O4S. The SMILES string of the molecule is CC(C)(C)OC(=O)N1CSC(C)(C)[C@H]1C(=O)N[C@H]1c2ccccc2C[C@H]1O. The number of aliphatic hydroxyl groups excluding tert-OH is 1. The number of rotatable bonds is 2. The van der Waals surface area contributed by atoms with Crippen LogP contribution in [0.2, 0.25) is 0 Å². The molecule has 0 unspecified atom stereocenters. The molecule has 0 saturated carbocycles. The fourth-order valence-corrected chi connectivity index (χ4v) is 4.80. The maximum Gasteiger partial charge on any atom is 0.411 e. The van der Waals surface area contributed by atoms with Crippen LogP contribution in [0.25, 0.3) is 0 Å². The zero-order chi connectivity index (χ0) is 20.0. The van der Waals surface area contributed by atoms with Gasteiger partial charge in [0.1, 0.15) is 11.6 Å². The number of carbonyl (C=O) groups excluding carboxylic acids is 2. The molecule has 7 heteroatoms. The Hall–Kier alpha value is -1.73. The second-order valence-electron chi connectivity index (χ2n) is 8.69. The number of carbonyl (C=O) groups is 2. The van der Waals surface area contributed by atoms with Crippen LogP contribution in [0.5, 0.6) is 0 Å². The number of hydrogen-bond acceptors (Lipinski definition) is 5. The van der Waals surface area contributed by atoms with E-state index < -0.39 is 34.6 Å². The molecule has 1 fully saturated rings. The lowest BCUT2D eigenvalue weighted by atomic mass is 10.00. The lowest BCUT2D eigenvalue weighted by Crippen LogP contribution is -2.55. The third kappa shape index (κ3) is 4.09. The van der Waals surface area contributed by atoms with E-state index in [1.165, 1.54) is 4.90 Å². The molecule has 2 N–H and O–H groups in total. The Morgan fingerprint density at radius 1 is 1.30 bits per heavy atom. The number of amides is 2. The number of ether oxygens (including phenoxy) is 1. The molecule has 27 heavy (non-hydrogen) atoms. The van der Waals surface area contributed by atoms with E-state index in [1.807, 2.05) is 38.1 Å². The quantitative estimate of drug-likeness (QED) is 0.809. The molecule has 0 aromatic heterocycles. The third-order valence-corrected chi connectivity index (χ3v) is 6.30. The number of aliphatic hydroxyl groups is 1. The van der Waals surface area contributed by atoms with Gasteiger partial charge in [0, 0.05) is 11.2 Å². The van der Waals surface area contributed by atoms with Crippen molar-refractivity contribution in [3.05, 3.63) is 35.4 Å². The molecule has 1 saturated heterocycles. The first-order valence-electron chi connectivity index (χ1n) is 9.19. The topological polar surface area (TPSA) is 78.9 Å². The van der Waals surface area contributed by atoms with Crippen molar-refractivity contribution in [2.24, 2.45) is 0 Å². The minimum atomic E-state index is -0.669. The molecule has 3 atom stereocenters. The number of nitrogens with zero attached hydrogens (tertiary/aromatic N) is 1. The lowest BCUT2D eigenvalue weighted by molar-refractivity contribution is -0.128. The van der Waals surface area contributed by atoms with Gasteiger partial charge < -0.3 is 15.2 Å². The van der Waals surface area contributed by atoms with Gasteiger partial charge in [-0.2, -0.15) is 0 Å². The van der Waals surface area contributed by atoms with Crippen molar-refractivity contribution in [1.82, 2.24) is 10.2 Å². The Labute approximate surface area is 164 Å². The van der Waals surface area contributed by atoms with Crippen LogP contribution in [0.4, 0.5) is 4.79 Å². The van der Waals surface area contributed by atoms with E-state index in [2.05, 4.69) is 5.32 Å². The zero-order valence-electron chi connectivity index (χ0n) is 16.5. The van der Waals surface area contributed by atoms with Gasteiger partial charge in [-0.25, -0.2) is 4.79 Å². The minimum Gasteiger partial charge on any atom is -0.444 e. The fourth-order valence-electron chi connectivity index (χ4n) is 3.68. The van der Waals surface area contributed by atoms with Crippen LogP contribution >= 0.6 is 11.8 Å². The van der Waals surface area contributed by atoms with Crippen molar-refractivity contribution >= 4 is 23.8 Å². The molecule has 0 spiro atoms. The normalized spacial score (nSPS) is 26.6. The number of hydrogen-bond donors (Lipinski definition) is 2. The van der Waals surface area contributed by atoms with Gasteiger partial charge in [0.25, 0.3) is 0 Å². The zero-order valence-corrected chi connectivity index (χ0v) is 17.3. The number of fused-ring (bicyclic) bond motifs is 1. The van der Waals surface area contributed by atoms with Crippen LogP contribution in [-0.4, -0.2) is 50.4 Å². The van der Waals surface area contributed by atoms with Gasteiger partial charge in [0.2, 0.25) is 5.91 Å². The summed E-state index contributed by atoms with van der Waals surface area (Å²) >= 11 is 1.54. The van der Waals surface area contributed by atoms with Crippen molar-refractivity contribution in [3.8, 4) is 0 Å². The number of thioether (sulfide) groups is 1. The molecule has 3 rings (SSSR count). The predicted molar refractivity (Wildman–Crippen MR) is 105 cm³/mol. The van der Waals surface area contributed by atoms with Crippen molar-refractivity contribution in [3.63, 3.8) is 0 Å². The van der Waals surface area contributed by atoms with Crippen molar-refractivity contribution in [2.75, 3.05) is 5.88 Å². The lowest BCUT2D eigenvalue weighted by Gasteiger charge is -2.33. The fraction of sp³-hybridized carbons (Fsp3) is 0.600. The van der Waals surface area contributed by atoms with Gasteiger partial charge >= 0.3 is 6.09 Å². The molecule has 2 aliphatic rings. The number of nitrogens with one attached hydrogen (secondary N) is 1. The summed E-state index contributed by atoms with van der Waals surface area (Å²) in [5.41, 5.74) is 1.35. The summed E-state index contributed by atoms with van der Waals surface area (Å²) in [5.74, 6) is 0.126. The average Bonchev–Trinajstić information content (AvgIpc) is 3.02. The van der Waals surface area contributed by atoms with Crippen molar-refractivity contribution in [2.45, 2.75) is 69.6 Å². The van der Waals surface area contributed by atoms with Crippen molar-refractivity contribution < 1.29 is 19.4 Å². The first-order valence-corrected chi connectivity index (χ1v) is 10.2. The highest BCUT2D eigenvalue weighted by molar-refractivity contribution is 8.00. The van der Waals surface area contributed by atoms with Crippen LogP contribution in [-0.2, 0) is 16.0 Å². The molecule has 1 heterocycles. The van der Waals surface area contributed by atoms with Crippen LogP contribution in [0, 0.1) is 0 Å². The van der Waals surface area contributed by atoms with Gasteiger partial charge in [-0.15, -0.1) is 11.8 Å². The minimum absolute atomic E-state index is 0.267. The smallest absolute Gasteiger partial charge is 0.411 e. The van der Waals surface area contributed by atoms with Crippen LogP contribution in [0.15, 0.2) is 24.3 Å². The molecule has 1 aliphatic carbocycles. The van der Waals surface area contributed by atoms with Gasteiger partial charge in [-0.1, -0.05) is 24.3 Å². The predicted octanol–water partition coefficient (Wildman–Crippen LogP) is 2.85. The van der Waals surface area contributed by atoms with E-state index >= 15 is 0 Å². The van der Waals surface area contributed by atoms with Crippen LogP contribution in [0.1, 0.15) is 51.8 Å². The Morgan fingerprint density at radius 3 is 2.63 bits per heavy atom. The van der Waals surface area contributed by atoms with Crippen LogP contribution in [0.3, 0.4) is 0 Å². The molecule has 0 radical (unpaired) electrons. The average molecular weight is 393 g/mol. The van der Waals surface area contributed by atoms with E-state index in [-0.39, 0.29) is 5.91 Å². The molecule has 1 aliphatic heterocycles. The highest BCUT2D eigenvalue weighted by Crippen LogP contribution is 2.41. The number of benzene rings is 1. The highest BCUT2D eigenvalue weighted by Gasteiger charge is 2.50. The highest BCUT2D eigenvalue weighted by atomic mass is 32.2. The molecule has 148 valence electrons. The molecule has 0 bridgehead atoms.